The van der Waals surface area contributed by atoms with Crippen LogP contribution in [0, 0.1) is 0 Å². The van der Waals surface area contributed by atoms with Crippen LogP contribution in [0.25, 0.3) is 58.8 Å². The van der Waals surface area contributed by atoms with Crippen LogP contribution in [0.15, 0.2) is 180 Å². The third-order valence-corrected chi connectivity index (χ3v) is 11.1. The van der Waals surface area contributed by atoms with Crippen LogP contribution >= 0.6 is 11.3 Å². The van der Waals surface area contributed by atoms with E-state index in [0.29, 0.717) is 6.42 Å². The zero-order valence-electron chi connectivity index (χ0n) is 27.2. The second-order valence-electron chi connectivity index (χ2n) is 12.9. The first kappa shape index (κ1) is 28.9. The van der Waals surface area contributed by atoms with E-state index in [9.17, 15) is 0 Å². The molecule has 1 aliphatic heterocycles. The van der Waals surface area contributed by atoms with Gasteiger partial charge in [0, 0.05) is 48.6 Å². The largest absolute Gasteiger partial charge is 0.309 e. The van der Waals surface area contributed by atoms with Gasteiger partial charge in [-0.1, -0.05) is 133 Å². The van der Waals surface area contributed by atoms with Crippen molar-refractivity contribution < 1.29 is 0 Å². The van der Waals surface area contributed by atoms with Gasteiger partial charge in [-0.25, -0.2) is 0 Å². The molecule has 0 amide bonds. The van der Waals surface area contributed by atoms with E-state index < -0.39 is 0 Å². The maximum absolute atomic E-state index is 5.37. The Morgan fingerprint density at radius 2 is 1.10 bits per heavy atom. The van der Waals surface area contributed by atoms with Crippen LogP contribution in [0.1, 0.15) is 29.3 Å². The van der Waals surface area contributed by atoms with Gasteiger partial charge >= 0.3 is 0 Å². The van der Waals surface area contributed by atoms with E-state index in [0.717, 1.165) is 28.1 Å². The van der Waals surface area contributed by atoms with Gasteiger partial charge < -0.3 is 4.57 Å². The lowest BCUT2D eigenvalue weighted by atomic mass is 9.94. The van der Waals surface area contributed by atoms with E-state index in [1.807, 2.05) is 11.3 Å². The van der Waals surface area contributed by atoms with Gasteiger partial charge in [-0.15, -0.1) is 11.3 Å². The van der Waals surface area contributed by atoms with E-state index in [2.05, 4.69) is 174 Å². The number of benzene rings is 7. The Morgan fingerprint density at radius 3 is 1.82 bits per heavy atom. The molecule has 0 N–H and O–H groups in total. The van der Waals surface area contributed by atoms with Crippen molar-refractivity contribution in [1.82, 2.24) is 4.57 Å². The molecule has 1 aliphatic rings. The first-order chi connectivity index (χ1) is 24.8. The zero-order chi connectivity index (χ0) is 33.0. The molecule has 50 heavy (non-hydrogen) atoms. The minimum Gasteiger partial charge on any atom is -0.309 e. The maximum atomic E-state index is 5.37. The monoisotopic (exact) mass is 657 g/mol. The summed E-state index contributed by atoms with van der Waals surface area (Å²) in [5.74, 6) is 0. The molecule has 0 aliphatic carbocycles. The van der Waals surface area contributed by atoms with E-state index in [1.165, 1.54) is 58.8 Å². The SMILES string of the molecule is c1ccc(C2=NC(c3ccc(-c4ccc5c(c4)c4ccccc4n5-c4ccccc4)c4sc5ccccc5c34)N=C(c3ccccc3)C2)cc1. The van der Waals surface area contributed by atoms with Gasteiger partial charge in [-0.05, 0) is 58.7 Å². The smallest absolute Gasteiger partial charge is 0.166 e. The van der Waals surface area contributed by atoms with Crippen molar-refractivity contribution in [2.24, 2.45) is 9.98 Å². The Labute approximate surface area is 294 Å². The number of hydrogen-bond donors (Lipinski definition) is 0. The highest BCUT2D eigenvalue weighted by molar-refractivity contribution is 7.26. The number of para-hydroxylation sites is 2. The number of fused-ring (bicyclic) bond motifs is 6. The van der Waals surface area contributed by atoms with Gasteiger partial charge in [0.05, 0.1) is 22.5 Å². The normalized spacial score (nSPS) is 13.7. The molecule has 0 atom stereocenters. The van der Waals surface area contributed by atoms with Crippen molar-refractivity contribution in [3.63, 3.8) is 0 Å². The van der Waals surface area contributed by atoms with Crippen LogP contribution in [0.4, 0.5) is 0 Å². The molecule has 7 aromatic carbocycles. The van der Waals surface area contributed by atoms with Crippen molar-refractivity contribution in [3.8, 4) is 16.8 Å². The first-order valence-electron chi connectivity index (χ1n) is 17.1. The molecule has 0 fully saturated rings. The third kappa shape index (κ3) is 4.72. The first-order valence-corrected chi connectivity index (χ1v) is 17.9. The maximum Gasteiger partial charge on any atom is 0.166 e. The summed E-state index contributed by atoms with van der Waals surface area (Å²) >= 11 is 1.86. The van der Waals surface area contributed by atoms with E-state index >= 15 is 0 Å². The van der Waals surface area contributed by atoms with Crippen molar-refractivity contribution in [2.45, 2.75) is 12.6 Å². The molecule has 10 rings (SSSR count). The van der Waals surface area contributed by atoms with E-state index in [-0.39, 0.29) is 6.17 Å². The summed E-state index contributed by atoms with van der Waals surface area (Å²) in [6, 6.07) is 60.8. The Morgan fingerprint density at radius 1 is 0.500 bits per heavy atom. The predicted octanol–water partition coefficient (Wildman–Crippen LogP) is 12.2. The van der Waals surface area contributed by atoms with E-state index in [1.54, 1.807) is 0 Å². The fourth-order valence-corrected chi connectivity index (χ4v) is 8.89. The Hall–Kier alpha value is -6.10. The van der Waals surface area contributed by atoms with Crippen molar-refractivity contribution in [1.29, 1.82) is 0 Å². The minimum absolute atomic E-state index is 0.352. The van der Waals surface area contributed by atoms with Crippen molar-refractivity contribution in [3.05, 3.63) is 187 Å². The number of aromatic nitrogens is 1. The lowest BCUT2D eigenvalue weighted by molar-refractivity contribution is 0.771. The quantitative estimate of drug-likeness (QED) is 0.176. The Bertz CT molecular complexity index is 2720. The number of thiophene rings is 1. The summed E-state index contributed by atoms with van der Waals surface area (Å²) in [7, 11) is 0. The Kier molecular flexibility index (Phi) is 6.81. The third-order valence-electron chi connectivity index (χ3n) is 9.94. The fourth-order valence-electron chi connectivity index (χ4n) is 7.62. The average Bonchev–Trinajstić information content (AvgIpc) is 3.75. The average molecular weight is 658 g/mol. The number of hydrogen-bond acceptors (Lipinski definition) is 3. The lowest BCUT2D eigenvalue weighted by Crippen LogP contribution is -2.18. The van der Waals surface area contributed by atoms with Crippen LogP contribution in [-0.2, 0) is 0 Å². The highest BCUT2D eigenvalue weighted by Crippen LogP contribution is 2.46. The molecular formula is C46H31N3S. The number of nitrogens with zero attached hydrogens (tertiary/aromatic N) is 3. The molecule has 2 aromatic heterocycles. The molecule has 4 heteroatoms. The molecule has 0 radical (unpaired) electrons. The molecule has 0 spiro atoms. The molecule has 9 aromatic rings. The minimum atomic E-state index is -0.352. The number of rotatable bonds is 5. The van der Waals surface area contributed by atoms with Crippen LogP contribution in [0.2, 0.25) is 0 Å². The summed E-state index contributed by atoms with van der Waals surface area (Å²) in [5.41, 5.74) is 11.6. The topological polar surface area (TPSA) is 29.6 Å². The fraction of sp³-hybridized carbons (Fsp3) is 0.0435. The molecule has 0 unspecified atom stereocenters. The van der Waals surface area contributed by atoms with Gasteiger partial charge in [-0.2, -0.15) is 0 Å². The van der Waals surface area contributed by atoms with Crippen LogP contribution in [0.3, 0.4) is 0 Å². The molecule has 236 valence electrons. The van der Waals surface area contributed by atoms with Crippen LogP contribution < -0.4 is 0 Å². The summed E-state index contributed by atoms with van der Waals surface area (Å²) in [4.78, 5) is 10.7. The van der Waals surface area contributed by atoms with Crippen molar-refractivity contribution >= 4 is 64.7 Å². The van der Waals surface area contributed by atoms with Crippen LogP contribution in [0.5, 0.6) is 0 Å². The summed E-state index contributed by atoms with van der Waals surface area (Å²) in [6.07, 6.45) is 0.349. The highest BCUT2D eigenvalue weighted by atomic mass is 32.1. The molecular weight excluding hydrogens is 627 g/mol. The Balaban J connectivity index is 1.19. The van der Waals surface area contributed by atoms with E-state index in [4.69, 9.17) is 9.98 Å². The summed E-state index contributed by atoms with van der Waals surface area (Å²) < 4.78 is 4.92. The molecule has 3 nitrogen and oxygen atoms in total. The predicted molar refractivity (Wildman–Crippen MR) is 212 cm³/mol. The zero-order valence-corrected chi connectivity index (χ0v) is 28.0. The molecule has 0 saturated heterocycles. The summed E-state index contributed by atoms with van der Waals surface area (Å²) in [5, 5.41) is 5.01. The molecule has 3 heterocycles. The highest BCUT2D eigenvalue weighted by Gasteiger charge is 2.25. The van der Waals surface area contributed by atoms with Gasteiger partial charge in [0.15, 0.2) is 6.17 Å². The van der Waals surface area contributed by atoms with Gasteiger partial charge in [0.1, 0.15) is 0 Å². The molecule has 0 bridgehead atoms. The lowest BCUT2D eigenvalue weighted by Gasteiger charge is -2.22. The summed E-state index contributed by atoms with van der Waals surface area (Å²) in [6.45, 7) is 0. The van der Waals surface area contributed by atoms with Gasteiger partial charge in [0.25, 0.3) is 0 Å². The van der Waals surface area contributed by atoms with Crippen molar-refractivity contribution in [2.75, 3.05) is 0 Å². The van der Waals surface area contributed by atoms with Gasteiger partial charge in [0.2, 0.25) is 0 Å². The second-order valence-corrected chi connectivity index (χ2v) is 13.9. The van der Waals surface area contributed by atoms with Crippen LogP contribution in [-0.4, -0.2) is 16.0 Å². The number of aliphatic imine (C=N–C) groups is 2. The molecule has 0 saturated carbocycles. The second kappa shape index (κ2) is 11.8. The van der Waals surface area contributed by atoms with Gasteiger partial charge in [-0.3, -0.25) is 9.98 Å². The standard InChI is InChI=1S/C46H31N3S/c1-4-14-30(15-5-1)39-29-40(31-16-6-2-7-17-31)48-46(47-39)37-26-25-34(45-44(37)36-21-11-13-23-43(36)50-45)32-24-27-42-38(28-32)35-20-10-12-22-41(35)49(42)33-18-8-3-9-19-33/h1-28,46H,29H2.